The number of nitrogens with zero attached hydrogens (tertiary/aromatic N) is 1. The van der Waals surface area contributed by atoms with Crippen LogP contribution in [-0.4, -0.2) is 31.4 Å². The van der Waals surface area contributed by atoms with Gasteiger partial charge < -0.3 is 19.9 Å². The van der Waals surface area contributed by atoms with Crippen molar-refractivity contribution in [1.29, 1.82) is 0 Å². The van der Waals surface area contributed by atoms with E-state index >= 15 is 0 Å². The first-order valence-corrected chi connectivity index (χ1v) is 5.18. The Hall–Kier alpha value is -1.49. The summed E-state index contributed by atoms with van der Waals surface area (Å²) in [5.41, 5.74) is 6.23. The molecule has 5 nitrogen and oxygen atoms in total. The number of rotatable bonds is 6. The summed E-state index contributed by atoms with van der Waals surface area (Å²) in [4.78, 5) is 4.16. The van der Waals surface area contributed by atoms with Crippen molar-refractivity contribution in [3.8, 4) is 11.8 Å². The van der Waals surface area contributed by atoms with Crippen LogP contribution in [-0.2, 0) is 4.74 Å². The lowest BCUT2D eigenvalue weighted by Crippen LogP contribution is -2.10. The number of hydrogen-bond acceptors (Lipinski definition) is 5. The summed E-state index contributed by atoms with van der Waals surface area (Å²) in [6.07, 6.45) is 0.0315. The number of pyridine rings is 1. The molecular formula is C11H18N2O3. The highest BCUT2D eigenvalue weighted by Gasteiger charge is 2.06. The van der Waals surface area contributed by atoms with E-state index in [0.717, 1.165) is 0 Å². The number of nitrogen functional groups attached to an aromatic ring is 1. The first kappa shape index (κ1) is 12.6. The van der Waals surface area contributed by atoms with Gasteiger partial charge in [-0.1, -0.05) is 0 Å². The van der Waals surface area contributed by atoms with E-state index in [1.165, 1.54) is 0 Å². The smallest absolute Gasteiger partial charge is 0.240 e. The van der Waals surface area contributed by atoms with E-state index in [0.29, 0.717) is 30.7 Å². The molecule has 5 heteroatoms. The SMILES string of the molecule is COCCOc1ccc(N)c(OC(C)C)n1. The third-order valence-electron chi connectivity index (χ3n) is 1.75. The third kappa shape index (κ3) is 3.94. The van der Waals surface area contributed by atoms with Crippen molar-refractivity contribution in [2.75, 3.05) is 26.1 Å². The molecule has 0 fully saturated rings. The van der Waals surface area contributed by atoms with E-state index in [-0.39, 0.29) is 6.10 Å². The van der Waals surface area contributed by atoms with E-state index in [9.17, 15) is 0 Å². The minimum atomic E-state index is 0.0315. The zero-order chi connectivity index (χ0) is 12.0. The maximum absolute atomic E-state index is 5.72. The Balaban J connectivity index is 2.65. The first-order valence-electron chi connectivity index (χ1n) is 5.18. The van der Waals surface area contributed by atoms with Gasteiger partial charge in [0.05, 0.1) is 18.4 Å². The standard InChI is InChI=1S/C11H18N2O3/c1-8(2)16-11-9(12)4-5-10(13-11)15-7-6-14-3/h4-5,8H,6-7,12H2,1-3H3. The van der Waals surface area contributed by atoms with Gasteiger partial charge in [-0.05, 0) is 19.9 Å². The van der Waals surface area contributed by atoms with Gasteiger partial charge >= 0.3 is 0 Å². The fourth-order valence-corrected chi connectivity index (χ4v) is 1.06. The second kappa shape index (κ2) is 6.17. The van der Waals surface area contributed by atoms with Crippen LogP contribution in [0.4, 0.5) is 5.69 Å². The average Bonchev–Trinajstić information content (AvgIpc) is 2.22. The molecule has 90 valence electrons. The number of anilines is 1. The Kier molecular flexibility index (Phi) is 4.85. The molecule has 0 spiro atoms. The van der Waals surface area contributed by atoms with Crippen molar-refractivity contribution in [3.63, 3.8) is 0 Å². The van der Waals surface area contributed by atoms with Crippen LogP contribution in [0.15, 0.2) is 12.1 Å². The van der Waals surface area contributed by atoms with E-state index in [2.05, 4.69) is 4.98 Å². The molecule has 0 saturated heterocycles. The molecule has 1 rings (SSSR count). The van der Waals surface area contributed by atoms with Crippen LogP contribution in [0.3, 0.4) is 0 Å². The fourth-order valence-electron chi connectivity index (χ4n) is 1.06. The maximum atomic E-state index is 5.72. The first-order chi connectivity index (χ1) is 7.63. The molecule has 0 aliphatic heterocycles. The molecule has 1 heterocycles. The Morgan fingerprint density at radius 2 is 2.06 bits per heavy atom. The van der Waals surface area contributed by atoms with Gasteiger partial charge in [-0.15, -0.1) is 0 Å². The molecule has 0 aliphatic carbocycles. The highest BCUT2D eigenvalue weighted by molar-refractivity contribution is 5.49. The van der Waals surface area contributed by atoms with Crippen LogP contribution >= 0.6 is 0 Å². The van der Waals surface area contributed by atoms with Crippen LogP contribution in [0.2, 0.25) is 0 Å². The predicted octanol–water partition coefficient (Wildman–Crippen LogP) is 1.48. The molecule has 0 amide bonds. The molecule has 0 atom stereocenters. The summed E-state index contributed by atoms with van der Waals surface area (Å²) in [6, 6.07) is 3.42. The Labute approximate surface area is 95.5 Å². The molecule has 2 N–H and O–H groups in total. The lowest BCUT2D eigenvalue weighted by Gasteiger charge is -2.12. The Morgan fingerprint density at radius 3 is 2.69 bits per heavy atom. The monoisotopic (exact) mass is 226 g/mol. The Bertz CT molecular complexity index is 329. The second-order valence-electron chi connectivity index (χ2n) is 3.55. The highest BCUT2D eigenvalue weighted by atomic mass is 16.5. The summed E-state index contributed by atoms with van der Waals surface area (Å²) in [5.74, 6) is 0.895. The number of hydrogen-bond donors (Lipinski definition) is 1. The van der Waals surface area contributed by atoms with Crippen molar-refractivity contribution in [3.05, 3.63) is 12.1 Å². The normalized spacial score (nSPS) is 10.5. The lowest BCUT2D eigenvalue weighted by molar-refractivity contribution is 0.142. The van der Waals surface area contributed by atoms with E-state index in [4.69, 9.17) is 19.9 Å². The van der Waals surface area contributed by atoms with Crippen molar-refractivity contribution >= 4 is 5.69 Å². The quantitative estimate of drug-likeness (QED) is 0.744. The maximum Gasteiger partial charge on any atom is 0.240 e. The lowest BCUT2D eigenvalue weighted by atomic mass is 10.4. The fraction of sp³-hybridized carbons (Fsp3) is 0.545. The van der Waals surface area contributed by atoms with Gasteiger partial charge in [-0.2, -0.15) is 4.98 Å². The van der Waals surface area contributed by atoms with Crippen LogP contribution in [0.1, 0.15) is 13.8 Å². The van der Waals surface area contributed by atoms with Gasteiger partial charge in [0, 0.05) is 13.2 Å². The Morgan fingerprint density at radius 1 is 1.31 bits per heavy atom. The number of aromatic nitrogens is 1. The largest absolute Gasteiger partial charge is 0.475 e. The van der Waals surface area contributed by atoms with Crippen LogP contribution in [0.5, 0.6) is 11.8 Å². The van der Waals surface area contributed by atoms with Crippen molar-refractivity contribution in [2.24, 2.45) is 0 Å². The summed E-state index contributed by atoms with van der Waals surface area (Å²) >= 11 is 0. The van der Waals surface area contributed by atoms with Gasteiger partial charge in [0.2, 0.25) is 11.8 Å². The number of nitrogens with two attached hydrogens (primary N) is 1. The summed E-state index contributed by atoms with van der Waals surface area (Å²) in [7, 11) is 1.62. The molecule has 0 saturated carbocycles. The van der Waals surface area contributed by atoms with Gasteiger partial charge in [-0.3, -0.25) is 0 Å². The number of ether oxygens (including phenoxy) is 3. The van der Waals surface area contributed by atoms with Crippen molar-refractivity contribution < 1.29 is 14.2 Å². The topological polar surface area (TPSA) is 66.6 Å². The van der Waals surface area contributed by atoms with Crippen LogP contribution < -0.4 is 15.2 Å². The molecule has 0 aromatic carbocycles. The van der Waals surface area contributed by atoms with Crippen LogP contribution in [0, 0.1) is 0 Å². The highest BCUT2D eigenvalue weighted by Crippen LogP contribution is 2.22. The predicted molar refractivity (Wildman–Crippen MR) is 61.8 cm³/mol. The zero-order valence-corrected chi connectivity index (χ0v) is 9.90. The summed E-state index contributed by atoms with van der Waals surface area (Å²) in [6.45, 7) is 4.81. The van der Waals surface area contributed by atoms with Crippen molar-refractivity contribution in [1.82, 2.24) is 4.98 Å². The van der Waals surface area contributed by atoms with Gasteiger partial charge in [0.25, 0.3) is 0 Å². The minimum Gasteiger partial charge on any atom is -0.475 e. The van der Waals surface area contributed by atoms with E-state index in [1.807, 2.05) is 13.8 Å². The molecule has 1 aromatic heterocycles. The van der Waals surface area contributed by atoms with Crippen molar-refractivity contribution in [2.45, 2.75) is 20.0 Å². The molecule has 0 aliphatic rings. The molecule has 0 bridgehead atoms. The second-order valence-corrected chi connectivity index (χ2v) is 3.55. The number of methoxy groups -OCH3 is 1. The summed E-state index contributed by atoms with van der Waals surface area (Å²) in [5, 5.41) is 0. The molecule has 0 unspecified atom stereocenters. The minimum absolute atomic E-state index is 0.0315. The van der Waals surface area contributed by atoms with Crippen LogP contribution in [0.25, 0.3) is 0 Å². The summed E-state index contributed by atoms with van der Waals surface area (Å²) < 4.78 is 15.7. The molecule has 16 heavy (non-hydrogen) atoms. The molecule has 1 aromatic rings. The van der Waals surface area contributed by atoms with Gasteiger partial charge in [-0.25, -0.2) is 0 Å². The third-order valence-corrected chi connectivity index (χ3v) is 1.75. The van der Waals surface area contributed by atoms with E-state index < -0.39 is 0 Å². The van der Waals surface area contributed by atoms with Gasteiger partial charge in [0.15, 0.2) is 0 Å². The molecular weight excluding hydrogens is 208 g/mol. The zero-order valence-electron chi connectivity index (χ0n) is 9.90. The van der Waals surface area contributed by atoms with E-state index in [1.54, 1.807) is 19.2 Å². The average molecular weight is 226 g/mol. The van der Waals surface area contributed by atoms with Gasteiger partial charge in [0.1, 0.15) is 6.61 Å². The molecule has 0 radical (unpaired) electrons.